The molecule has 1 rings (SSSR count). The zero-order chi connectivity index (χ0) is 13.8. The first-order valence-electron chi connectivity index (χ1n) is 5.99. The number of hydrogen-bond acceptors (Lipinski definition) is 3. The first kappa shape index (κ1) is 15.4. The van der Waals surface area contributed by atoms with Gasteiger partial charge in [-0.1, -0.05) is 11.6 Å². The Morgan fingerprint density at radius 3 is 2.67 bits per heavy atom. The maximum atomic E-state index is 14.8. The highest BCUT2D eigenvalue weighted by molar-refractivity contribution is 6.30. The Kier molecular flexibility index (Phi) is 5.56. The lowest BCUT2D eigenvalue weighted by Crippen LogP contribution is -2.32. The maximum Gasteiger partial charge on any atom is 0.138 e. The Hall–Kier alpha value is -0.650. The minimum Gasteiger partial charge on any atom is -0.381 e. The largest absolute Gasteiger partial charge is 0.381 e. The lowest BCUT2D eigenvalue weighted by atomic mass is 9.92. The highest BCUT2D eigenvalue weighted by atomic mass is 35.5. The lowest BCUT2D eigenvalue weighted by Gasteiger charge is -2.24. The second kappa shape index (κ2) is 6.50. The van der Waals surface area contributed by atoms with E-state index in [2.05, 4.69) is 5.10 Å². The van der Waals surface area contributed by atoms with E-state index in [-0.39, 0.29) is 13.0 Å². The quantitative estimate of drug-likeness (QED) is 0.830. The zero-order valence-electron chi connectivity index (χ0n) is 11.2. The van der Waals surface area contributed by atoms with Gasteiger partial charge in [0.25, 0.3) is 0 Å². The molecule has 0 aliphatic carbocycles. The Bertz CT molecular complexity index is 397. The molecule has 1 heterocycles. The number of aromatic nitrogens is 2. The summed E-state index contributed by atoms with van der Waals surface area (Å²) < 4.78 is 21.3. The molecule has 1 aromatic rings. The molecule has 0 aliphatic rings. The summed E-state index contributed by atoms with van der Waals surface area (Å²) in [5.41, 5.74) is 5.50. The molecular formula is C12H21ClFN3O. The van der Waals surface area contributed by atoms with E-state index in [0.717, 1.165) is 11.3 Å². The molecule has 4 nitrogen and oxygen atoms in total. The fraction of sp³-hybridized carbons (Fsp3) is 0.750. The number of rotatable bonds is 7. The summed E-state index contributed by atoms with van der Waals surface area (Å²) in [4.78, 5) is 0. The molecule has 0 radical (unpaired) electrons. The normalized spacial score (nSPS) is 14.8. The van der Waals surface area contributed by atoms with Gasteiger partial charge in [0.1, 0.15) is 10.8 Å². The van der Waals surface area contributed by atoms with Crippen molar-refractivity contribution in [1.82, 2.24) is 9.78 Å². The molecule has 0 aromatic carbocycles. The average Bonchev–Trinajstić information content (AvgIpc) is 2.54. The Balaban J connectivity index is 2.88. The third-order valence-electron chi connectivity index (χ3n) is 3.00. The summed E-state index contributed by atoms with van der Waals surface area (Å²) in [6, 6.07) is 0. The molecule has 104 valence electrons. The number of alkyl halides is 1. The molecule has 0 aliphatic heterocycles. The van der Waals surface area contributed by atoms with Crippen molar-refractivity contribution >= 4 is 11.6 Å². The van der Waals surface area contributed by atoms with E-state index >= 15 is 0 Å². The Morgan fingerprint density at radius 1 is 1.56 bits per heavy atom. The van der Waals surface area contributed by atoms with Crippen LogP contribution in [-0.4, -0.2) is 35.7 Å². The van der Waals surface area contributed by atoms with Gasteiger partial charge in [-0.25, -0.2) is 4.39 Å². The molecule has 1 aromatic heterocycles. The molecule has 0 spiro atoms. The van der Waals surface area contributed by atoms with Crippen molar-refractivity contribution in [2.75, 3.05) is 20.3 Å². The monoisotopic (exact) mass is 277 g/mol. The van der Waals surface area contributed by atoms with E-state index in [1.807, 2.05) is 6.92 Å². The van der Waals surface area contributed by atoms with Crippen molar-refractivity contribution in [2.45, 2.75) is 31.9 Å². The van der Waals surface area contributed by atoms with Crippen LogP contribution >= 0.6 is 11.6 Å². The van der Waals surface area contributed by atoms with Gasteiger partial charge < -0.3 is 10.5 Å². The van der Waals surface area contributed by atoms with Gasteiger partial charge in [0.15, 0.2) is 0 Å². The lowest BCUT2D eigenvalue weighted by molar-refractivity contribution is 0.0333. The van der Waals surface area contributed by atoms with Crippen molar-refractivity contribution in [1.29, 1.82) is 0 Å². The van der Waals surface area contributed by atoms with Crippen molar-refractivity contribution in [3.63, 3.8) is 0 Å². The van der Waals surface area contributed by atoms with Crippen LogP contribution in [0.25, 0.3) is 0 Å². The number of methoxy groups -OCH3 is 1. The summed E-state index contributed by atoms with van der Waals surface area (Å²) in [6.45, 7) is 2.34. The van der Waals surface area contributed by atoms with Crippen LogP contribution in [0, 0.1) is 6.92 Å². The highest BCUT2D eigenvalue weighted by Gasteiger charge is 2.32. The summed E-state index contributed by atoms with van der Waals surface area (Å²) in [5, 5.41) is 4.67. The number of ether oxygens (including phenoxy) is 1. The highest BCUT2D eigenvalue weighted by Crippen LogP contribution is 2.29. The van der Waals surface area contributed by atoms with Crippen LogP contribution in [0.15, 0.2) is 0 Å². The summed E-state index contributed by atoms with van der Waals surface area (Å²) >= 11 is 6.12. The smallest absolute Gasteiger partial charge is 0.138 e. The fourth-order valence-corrected chi connectivity index (χ4v) is 2.32. The van der Waals surface area contributed by atoms with Crippen molar-refractivity contribution in [2.24, 2.45) is 12.8 Å². The summed E-state index contributed by atoms with van der Waals surface area (Å²) in [7, 11) is 3.24. The molecule has 0 amide bonds. The predicted octanol–water partition coefficient (Wildman–Crippen LogP) is 2.02. The maximum absolute atomic E-state index is 14.8. The van der Waals surface area contributed by atoms with Crippen LogP contribution in [0.1, 0.15) is 24.1 Å². The van der Waals surface area contributed by atoms with E-state index in [0.29, 0.717) is 24.5 Å². The fourth-order valence-electron chi connectivity index (χ4n) is 2.08. The Morgan fingerprint density at radius 2 is 2.22 bits per heavy atom. The van der Waals surface area contributed by atoms with Crippen LogP contribution in [0.3, 0.4) is 0 Å². The van der Waals surface area contributed by atoms with Gasteiger partial charge >= 0.3 is 0 Å². The van der Waals surface area contributed by atoms with Crippen molar-refractivity contribution in [3.05, 3.63) is 16.4 Å². The molecule has 0 fully saturated rings. The second-order valence-corrected chi connectivity index (χ2v) is 4.99. The standard InChI is InChI=1S/C12H21ClFN3O/c1-9-10(11(13)17(2)16-9)7-12(14,8-18-3)5-4-6-15/h4-8,15H2,1-3H3. The van der Waals surface area contributed by atoms with Crippen LogP contribution in [0.2, 0.25) is 5.15 Å². The molecule has 1 atom stereocenters. The van der Waals surface area contributed by atoms with Gasteiger partial charge in [0.05, 0.1) is 12.3 Å². The van der Waals surface area contributed by atoms with Gasteiger partial charge in [-0.05, 0) is 26.3 Å². The molecule has 0 saturated heterocycles. The van der Waals surface area contributed by atoms with Crippen LogP contribution in [0.5, 0.6) is 0 Å². The first-order valence-corrected chi connectivity index (χ1v) is 6.37. The van der Waals surface area contributed by atoms with E-state index in [1.165, 1.54) is 7.11 Å². The molecule has 2 N–H and O–H groups in total. The topological polar surface area (TPSA) is 53.1 Å². The molecule has 6 heteroatoms. The van der Waals surface area contributed by atoms with E-state index in [4.69, 9.17) is 22.1 Å². The first-order chi connectivity index (χ1) is 8.43. The SMILES string of the molecule is COCC(F)(CCCN)Cc1c(C)nn(C)c1Cl. The predicted molar refractivity (Wildman–Crippen MR) is 70.7 cm³/mol. The number of halogens is 2. The number of nitrogens with zero attached hydrogens (tertiary/aromatic N) is 2. The summed E-state index contributed by atoms with van der Waals surface area (Å²) in [6.07, 6.45) is 1.19. The second-order valence-electron chi connectivity index (χ2n) is 4.63. The minimum absolute atomic E-state index is 0.0393. The average molecular weight is 278 g/mol. The van der Waals surface area contributed by atoms with E-state index in [9.17, 15) is 4.39 Å². The molecule has 0 bridgehead atoms. The van der Waals surface area contributed by atoms with E-state index in [1.54, 1.807) is 11.7 Å². The van der Waals surface area contributed by atoms with Gasteiger partial charge in [0, 0.05) is 26.1 Å². The van der Waals surface area contributed by atoms with E-state index < -0.39 is 5.67 Å². The summed E-state index contributed by atoms with van der Waals surface area (Å²) in [5.74, 6) is 0. The van der Waals surface area contributed by atoms with Gasteiger partial charge in [0.2, 0.25) is 0 Å². The van der Waals surface area contributed by atoms with Gasteiger partial charge in [-0.3, -0.25) is 4.68 Å². The third kappa shape index (κ3) is 3.67. The van der Waals surface area contributed by atoms with Crippen LogP contribution in [-0.2, 0) is 18.2 Å². The zero-order valence-corrected chi connectivity index (χ0v) is 11.9. The molecular weight excluding hydrogens is 257 g/mol. The molecule has 18 heavy (non-hydrogen) atoms. The molecule has 1 unspecified atom stereocenters. The van der Waals surface area contributed by atoms with Crippen LogP contribution < -0.4 is 5.73 Å². The number of nitrogens with two attached hydrogens (primary N) is 1. The van der Waals surface area contributed by atoms with Crippen molar-refractivity contribution < 1.29 is 9.13 Å². The van der Waals surface area contributed by atoms with Crippen molar-refractivity contribution in [3.8, 4) is 0 Å². The minimum atomic E-state index is -1.44. The molecule has 0 saturated carbocycles. The van der Waals surface area contributed by atoms with Crippen LogP contribution in [0.4, 0.5) is 4.39 Å². The Labute approximate surface area is 112 Å². The number of hydrogen-bond donors (Lipinski definition) is 1. The number of aryl methyl sites for hydroxylation is 2. The third-order valence-corrected chi connectivity index (χ3v) is 3.47. The van der Waals surface area contributed by atoms with Gasteiger partial charge in [-0.15, -0.1) is 0 Å². The van der Waals surface area contributed by atoms with Gasteiger partial charge in [-0.2, -0.15) is 5.10 Å².